The van der Waals surface area contributed by atoms with Gasteiger partial charge < -0.3 is 20.1 Å². The summed E-state index contributed by atoms with van der Waals surface area (Å²) in [7, 11) is 1.56. The first-order valence-corrected chi connectivity index (χ1v) is 6.00. The summed E-state index contributed by atoms with van der Waals surface area (Å²) in [6.07, 6.45) is 2.88. The number of fused-ring (bicyclic) bond motifs is 1. The summed E-state index contributed by atoms with van der Waals surface area (Å²) in [5.41, 5.74) is 5.92. The first kappa shape index (κ1) is 13.5. The quantitative estimate of drug-likeness (QED) is 0.648. The number of nitrogens with zero attached hydrogens (tertiary/aromatic N) is 3. The lowest BCUT2D eigenvalue weighted by Gasteiger charge is -2.11. The summed E-state index contributed by atoms with van der Waals surface area (Å²) in [6.45, 7) is 0.623. The van der Waals surface area contributed by atoms with Gasteiger partial charge in [-0.25, -0.2) is 4.98 Å². The number of nitrogens with one attached hydrogen (secondary N) is 1. The molecule has 0 radical (unpaired) electrons. The topological polar surface area (TPSA) is 119 Å². The number of hydrogen-bond donors (Lipinski definition) is 3. The molecule has 0 bridgehead atoms. The number of hydrogen-bond acceptors (Lipinski definition) is 6. The van der Waals surface area contributed by atoms with Gasteiger partial charge in [0.05, 0.1) is 19.0 Å². The molecular formula is C11H17N5O3. The highest BCUT2D eigenvalue weighted by atomic mass is 16.5. The van der Waals surface area contributed by atoms with E-state index in [1.54, 1.807) is 18.0 Å². The van der Waals surface area contributed by atoms with E-state index < -0.39 is 0 Å². The van der Waals surface area contributed by atoms with Crippen LogP contribution in [0.3, 0.4) is 0 Å². The average molecular weight is 267 g/mol. The zero-order valence-corrected chi connectivity index (χ0v) is 10.7. The molecule has 1 unspecified atom stereocenters. The highest BCUT2D eigenvalue weighted by Crippen LogP contribution is 2.09. The molecule has 0 aliphatic carbocycles. The summed E-state index contributed by atoms with van der Waals surface area (Å²) in [4.78, 5) is 22.1. The van der Waals surface area contributed by atoms with Gasteiger partial charge >= 0.3 is 0 Å². The van der Waals surface area contributed by atoms with Gasteiger partial charge in [0.25, 0.3) is 5.56 Å². The first-order valence-electron chi connectivity index (χ1n) is 6.00. The molecule has 0 aliphatic rings. The van der Waals surface area contributed by atoms with Crippen LogP contribution in [0.2, 0.25) is 0 Å². The molecule has 0 aromatic carbocycles. The monoisotopic (exact) mass is 267 g/mol. The normalized spacial score (nSPS) is 12.9. The molecule has 104 valence electrons. The molecule has 2 rings (SSSR count). The molecule has 8 nitrogen and oxygen atoms in total. The second kappa shape index (κ2) is 5.81. The Morgan fingerprint density at radius 1 is 1.63 bits per heavy atom. The van der Waals surface area contributed by atoms with E-state index in [1.807, 2.05) is 0 Å². The highest BCUT2D eigenvalue weighted by Gasteiger charge is 2.10. The van der Waals surface area contributed by atoms with Crippen LogP contribution < -0.4 is 11.3 Å². The maximum Gasteiger partial charge on any atom is 0.280 e. The van der Waals surface area contributed by atoms with Gasteiger partial charge in [-0.1, -0.05) is 0 Å². The highest BCUT2D eigenvalue weighted by molar-refractivity contribution is 5.70. The number of nitrogens with two attached hydrogens (primary N) is 1. The SMILES string of the molecule is COC(CO)CCCn1cnc2c(=O)[nH]c(N)nc21. The van der Waals surface area contributed by atoms with Gasteiger partial charge in [0.15, 0.2) is 11.2 Å². The van der Waals surface area contributed by atoms with Crippen LogP contribution in [-0.2, 0) is 11.3 Å². The van der Waals surface area contributed by atoms with Gasteiger partial charge in [-0.15, -0.1) is 0 Å². The summed E-state index contributed by atoms with van der Waals surface area (Å²) in [5.74, 6) is 0.0735. The number of aliphatic hydroxyl groups is 1. The zero-order valence-electron chi connectivity index (χ0n) is 10.7. The largest absolute Gasteiger partial charge is 0.394 e. The molecule has 0 fully saturated rings. The number of aromatic amines is 1. The van der Waals surface area contributed by atoms with Crippen molar-refractivity contribution < 1.29 is 9.84 Å². The lowest BCUT2D eigenvalue weighted by atomic mass is 10.2. The number of H-pyrrole nitrogens is 1. The van der Waals surface area contributed by atoms with Crippen LogP contribution in [-0.4, -0.2) is 44.4 Å². The zero-order chi connectivity index (χ0) is 13.8. The molecule has 2 aromatic heterocycles. The van der Waals surface area contributed by atoms with Crippen molar-refractivity contribution in [2.24, 2.45) is 0 Å². The molecule has 2 heterocycles. The molecule has 4 N–H and O–H groups in total. The molecular weight excluding hydrogens is 250 g/mol. The minimum atomic E-state index is -0.341. The second-order valence-electron chi connectivity index (χ2n) is 4.24. The van der Waals surface area contributed by atoms with Crippen molar-refractivity contribution in [2.45, 2.75) is 25.5 Å². The Hall–Kier alpha value is -1.93. The van der Waals surface area contributed by atoms with Crippen molar-refractivity contribution in [1.29, 1.82) is 0 Å². The number of aryl methyl sites for hydroxylation is 1. The maximum absolute atomic E-state index is 11.6. The van der Waals surface area contributed by atoms with E-state index in [-0.39, 0.29) is 29.7 Å². The minimum absolute atomic E-state index is 0.00789. The Morgan fingerprint density at radius 2 is 2.42 bits per heavy atom. The minimum Gasteiger partial charge on any atom is -0.394 e. The van der Waals surface area contributed by atoms with Crippen LogP contribution in [0.5, 0.6) is 0 Å². The fourth-order valence-corrected chi connectivity index (χ4v) is 1.91. The second-order valence-corrected chi connectivity index (χ2v) is 4.24. The van der Waals surface area contributed by atoms with E-state index >= 15 is 0 Å². The Labute approximate surface area is 109 Å². The van der Waals surface area contributed by atoms with E-state index in [4.69, 9.17) is 15.6 Å². The molecule has 0 saturated carbocycles. The number of nitrogen functional groups attached to an aromatic ring is 1. The van der Waals surface area contributed by atoms with Crippen molar-refractivity contribution in [3.05, 3.63) is 16.7 Å². The van der Waals surface area contributed by atoms with Gasteiger partial charge in [0.2, 0.25) is 5.95 Å². The average Bonchev–Trinajstić information content (AvgIpc) is 2.78. The third kappa shape index (κ3) is 2.91. The fourth-order valence-electron chi connectivity index (χ4n) is 1.91. The predicted molar refractivity (Wildman–Crippen MR) is 69.7 cm³/mol. The number of methoxy groups -OCH3 is 1. The van der Waals surface area contributed by atoms with Gasteiger partial charge in [0.1, 0.15) is 0 Å². The number of ether oxygens (including phenoxy) is 1. The third-order valence-corrected chi connectivity index (χ3v) is 2.96. The smallest absolute Gasteiger partial charge is 0.280 e. The van der Waals surface area contributed by atoms with Crippen molar-refractivity contribution in [1.82, 2.24) is 19.5 Å². The molecule has 0 amide bonds. The van der Waals surface area contributed by atoms with Crippen LogP contribution in [0.4, 0.5) is 5.95 Å². The van der Waals surface area contributed by atoms with Crippen molar-refractivity contribution in [3.63, 3.8) is 0 Å². The van der Waals surface area contributed by atoms with E-state index in [9.17, 15) is 4.79 Å². The number of aliphatic hydroxyl groups excluding tert-OH is 1. The molecule has 0 spiro atoms. The molecule has 0 aliphatic heterocycles. The van der Waals surface area contributed by atoms with Crippen molar-refractivity contribution >= 4 is 17.1 Å². The summed E-state index contributed by atoms with van der Waals surface area (Å²) >= 11 is 0. The number of imidazole rings is 1. The molecule has 2 aromatic rings. The van der Waals surface area contributed by atoms with Crippen LogP contribution in [0.15, 0.2) is 11.1 Å². The predicted octanol–water partition coefficient (Wildman–Crippen LogP) is -0.511. The van der Waals surface area contributed by atoms with Gasteiger partial charge in [-0.05, 0) is 12.8 Å². The van der Waals surface area contributed by atoms with E-state index in [1.165, 1.54) is 0 Å². The molecule has 1 atom stereocenters. The van der Waals surface area contributed by atoms with Crippen LogP contribution in [0, 0.1) is 0 Å². The molecule has 8 heteroatoms. The maximum atomic E-state index is 11.6. The fraction of sp³-hybridized carbons (Fsp3) is 0.545. The third-order valence-electron chi connectivity index (χ3n) is 2.96. The lowest BCUT2D eigenvalue weighted by Crippen LogP contribution is -2.16. The van der Waals surface area contributed by atoms with Crippen LogP contribution >= 0.6 is 0 Å². The van der Waals surface area contributed by atoms with Crippen molar-refractivity contribution in [2.75, 3.05) is 19.5 Å². The summed E-state index contributed by atoms with van der Waals surface area (Å²) in [6, 6.07) is 0. The Balaban J connectivity index is 2.11. The van der Waals surface area contributed by atoms with Crippen LogP contribution in [0.25, 0.3) is 11.2 Å². The number of aromatic nitrogens is 4. The number of anilines is 1. The van der Waals surface area contributed by atoms with Crippen LogP contribution in [0.1, 0.15) is 12.8 Å². The number of rotatable bonds is 6. The Morgan fingerprint density at radius 3 is 3.11 bits per heavy atom. The summed E-state index contributed by atoms with van der Waals surface area (Å²) in [5, 5.41) is 9.01. The summed E-state index contributed by atoms with van der Waals surface area (Å²) < 4.78 is 6.85. The first-order chi connectivity index (χ1) is 9.15. The van der Waals surface area contributed by atoms with Crippen molar-refractivity contribution in [3.8, 4) is 0 Å². The molecule has 0 saturated heterocycles. The molecule has 19 heavy (non-hydrogen) atoms. The van der Waals surface area contributed by atoms with Gasteiger partial charge in [-0.2, -0.15) is 4.98 Å². The Kier molecular flexibility index (Phi) is 4.13. The van der Waals surface area contributed by atoms with E-state index in [2.05, 4.69) is 15.0 Å². The van der Waals surface area contributed by atoms with E-state index in [0.29, 0.717) is 18.6 Å². The lowest BCUT2D eigenvalue weighted by molar-refractivity contribution is 0.0412. The standard InChI is InChI=1S/C11H17N5O3/c1-19-7(5-17)3-2-4-16-6-13-8-9(16)14-11(12)15-10(8)18/h6-7,17H,2-5H2,1H3,(H3,12,14,15,18). The van der Waals surface area contributed by atoms with Gasteiger partial charge in [0, 0.05) is 13.7 Å². The van der Waals surface area contributed by atoms with E-state index in [0.717, 1.165) is 6.42 Å². The van der Waals surface area contributed by atoms with Gasteiger partial charge in [-0.3, -0.25) is 9.78 Å². The Bertz CT molecular complexity index is 602.